The lowest BCUT2D eigenvalue weighted by Crippen LogP contribution is -2.03. The van der Waals surface area contributed by atoms with Crippen molar-refractivity contribution in [2.75, 3.05) is 0 Å². The molecular weight excluding hydrogens is 160 g/mol. The number of alkyl halides is 2. The molecule has 0 amide bonds. The smallest absolute Gasteiger partial charge is 0.332 e. The van der Waals surface area contributed by atoms with Crippen LogP contribution in [-0.2, 0) is 0 Å². The highest BCUT2D eigenvalue weighted by Crippen LogP contribution is 1.95. The predicted octanol–water partition coefficient (Wildman–Crippen LogP) is 0.357. The summed E-state index contributed by atoms with van der Waals surface area (Å²) >= 11 is 0. The van der Waals surface area contributed by atoms with Crippen LogP contribution in [0.2, 0.25) is 0 Å². The molecule has 0 aromatic rings. The Bertz CT molecular complexity index is 202. The van der Waals surface area contributed by atoms with Gasteiger partial charge in [0.25, 0.3) is 0 Å². The van der Waals surface area contributed by atoms with E-state index in [2.05, 4.69) is 4.99 Å². The Balaban J connectivity index is 4.22. The molecule has 7 heteroatoms. The van der Waals surface area contributed by atoms with Crippen molar-refractivity contribution in [3.63, 3.8) is 0 Å². The number of rotatable bonds is 3. The summed E-state index contributed by atoms with van der Waals surface area (Å²) in [5.74, 6) is 0. The van der Waals surface area contributed by atoms with E-state index in [0.29, 0.717) is 12.4 Å². The molecule has 0 saturated carbocycles. The molecule has 62 valence electrons. The van der Waals surface area contributed by atoms with Crippen LogP contribution in [0, 0.1) is 10.1 Å². The Morgan fingerprint density at radius 1 is 1.73 bits per heavy atom. The average Bonchev–Trinajstić information content (AvgIpc) is 1.87. The normalized spacial score (nSPS) is 12.8. The molecule has 0 aromatic heterocycles. The van der Waals surface area contributed by atoms with Crippen molar-refractivity contribution in [2.45, 2.75) is 6.55 Å². The number of nitro groups is 1. The molecule has 0 aliphatic heterocycles. The molecule has 0 rings (SSSR count). The molecule has 0 atom stereocenters. The monoisotopic (exact) mass is 165 g/mol. The van der Waals surface area contributed by atoms with Crippen LogP contribution in [0.1, 0.15) is 0 Å². The first-order chi connectivity index (χ1) is 5.07. The van der Waals surface area contributed by atoms with E-state index in [1.165, 1.54) is 0 Å². The van der Waals surface area contributed by atoms with Crippen molar-refractivity contribution >= 4 is 6.21 Å². The van der Waals surface area contributed by atoms with Crippen LogP contribution in [-0.4, -0.2) is 17.7 Å². The molecule has 11 heavy (non-hydrogen) atoms. The fourth-order valence-corrected chi connectivity index (χ4v) is 0.284. The molecule has 0 fully saturated rings. The molecule has 0 heterocycles. The minimum Gasteiger partial charge on any atom is -0.399 e. The SMILES string of the molecule is NC=C(C=NC(F)F)[N+](=O)[O-]. The second kappa shape index (κ2) is 4.31. The Hall–Kier alpha value is -1.53. The molecule has 0 saturated heterocycles. The van der Waals surface area contributed by atoms with Gasteiger partial charge in [0.15, 0.2) is 0 Å². The van der Waals surface area contributed by atoms with Gasteiger partial charge in [-0.2, -0.15) is 8.78 Å². The molecule has 0 unspecified atom stereocenters. The Morgan fingerprint density at radius 3 is 2.55 bits per heavy atom. The fourth-order valence-electron chi connectivity index (χ4n) is 0.284. The topological polar surface area (TPSA) is 81.5 Å². The van der Waals surface area contributed by atoms with Gasteiger partial charge in [0, 0.05) is 0 Å². The minimum atomic E-state index is -2.95. The summed E-state index contributed by atoms with van der Waals surface area (Å²) in [4.78, 5) is 11.4. The number of halogens is 2. The molecule has 2 N–H and O–H groups in total. The third-order valence-electron chi connectivity index (χ3n) is 0.701. The zero-order valence-electron chi connectivity index (χ0n) is 5.28. The van der Waals surface area contributed by atoms with Crippen LogP contribution in [0.5, 0.6) is 0 Å². The molecule has 0 aromatic carbocycles. The van der Waals surface area contributed by atoms with E-state index in [9.17, 15) is 18.9 Å². The maximum absolute atomic E-state index is 11.3. The van der Waals surface area contributed by atoms with Gasteiger partial charge in [-0.3, -0.25) is 10.1 Å². The highest BCUT2D eigenvalue weighted by molar-refractivity contribution is 5.75. The number of hydrogen-bond donors (Lipinski definition) is 1. The van der Waals surface area contributed by atoms with Crippen LogP contribution < -0.4 is 5.73 Å². The molecule has 0 radical (unpaired) electrons. The zero-order chi connectivity index (χ0) is 8.85. The third-order valence-corrected chi connectivity index (χ3v) is 0.701. The van der Waals surface area contributed by atoms with Crippen molar-refractivity contribution in [3.8, 4) is 0 Å². The first-order valence-electron chi connectivity index (χ1n) is 2.45. The quantitative estimate of drug-likeness (QED) is 0.283. The number of nitrogens with zero attached hydrogens (tertiary/aromatic N) is 2. The lowest BCUT2D eigenvalue weighted by molar-refractivity contribution is -0.414. The standard InChI is InChI=1S/C4H5F2N3O2/c5-4(6)8-2-3(1-7)9(10)11/h1-2,4H,7H2. The summed E-state index contributed by atoms with van der Waals surface area (Å²) in [5, 5.41) is 9.86. The molecule has 0 aliphatic carbocycles. The largest absolute Gasteiger partial charge is 0.399 e. The van der Waals surface area contributed by atoms with Gasteiger partial charge in [-0.1, -0.05) is 0 Å². The molecule has 0 aliphatic rings. The van der Waals surface area contributed by atoms with E-state index in [0.717, 1.165) is 0 Å². The molecule has 5 nitrogen and oxygen atoms in total. The van der Waals surface area contributed by atoms with E-state index in [4.69, 9.17) is 5.73 Å². The van der Waals surface area contributed by atoms with Gasteiger partial charge in [-0.15, -0.1) is 0 Å². The second-order valence-corrected chi connectivity index (χ2v) is 1.40. The van der Waals surface area contributed by atoms with Crippen LogP contribution in [0.25, 0.3) is 0 Å². The maximum Gasteiger partial charge on any atom is 0.332 e. The van der Waals surface area contributed by atoms with Crippen LogP contribution >= 0.6 is 0 Å². The van der Waals surface area contributed by atoms with Gasteiger partial charge in [0.1, 0.15) is 6.21 Å². The van der Waals surface area contributed by atoms with E-state index in [1.54, 1.807) is 0 Å². The number of aliphatic imine (C=N–C) groups is 1. The molecule has 0 bridgehead atoms. The fraction of sp³-hybridized carbons (Fsp3) is 0.250. The number of allylic oxidation sites excluding steroid dienone is 1. The van der Waals surface area contributed by atoms with Gasteiger partial charge in [-0.05, 0) is 0 Å². The summed E-state index contributed by atoms with van der Waals surface area (Å²) in [6.45, 7) is -2.95. The van der Waals surface area contributed by atoms with Crippen LogP contribution in [0.15, 0.2) is 16.9 Å². The maximum atomic E-state index is 11.3. The number of hydrogen-bond acceptors (Lipinski definition) is 4. The zero-order valence-corrected chi connectivity index (χ0v) is 5.28. The van der Waals surface area contributed by atoms with Gasteiger partial charge >= 0.3 is 12.2 Å². The number of nitrogens with two attached hydrogens (primary N) is 1. The summed E-state index contributed by atoms with van der Waals surface area (Å²) < 4.78 is 22.6. The van der Waals surface area contributed by atoms with Gasteiger partial charge in [0.05, 0.1) is 11.1 Å². The lowest BCUT2D eigenvalue weighted by Gasteiger charge is -1.88. The van der Waals surface area contributed by atoms with Crippen LogP contribution in [0.4, 0.5) is 8.78 Å². The highest BCUT2D eigenvalue weighted by Gasteiger charge is 2.06. The third kappa shape index (κ3) is 3.95. The van der Waals surface area contributed by atoms with Gasteiger partial charge in [-0.25, -0.2) is 4.99 Å². The van der Waals surface area contributed by atoms with Crippen molar-refractivity contribution in [3.05, 3.63) is 22.0 Å². The average molecular weight is 165 g/mol. The van der Waals surface area contributed by atoms with Crippen molar-refractivity contribution in [2.24, 2.45) is 10.7 Å². The predicted molar refractivity (Wildman–Crippen MR) is 33.8 cm³/mol. The Labute approximate surface area is 60.4 Å². The van der Waals surface area contributed by atoms with Gasteiger partial charge < -0.3 is 5.73 Å². The van der Waals surface area contributed by atoms with Crippen molar-refractivity contribution < 1.29 is 13.7 Å². The van der Waals surface area contributed by atoms with Crippen molar-refractivity contribution in [1.29, 1.82) is 0 Å². The van der Waals surface area contributed by atoms with Crippen LogP contribution in [0.3, 0.4) is 0 Å². The van der Waals surface area contributed by atoms with E-state index >= 15 is 0 Å². The molecular formula is C4H5F2N3O2. The summed E-state index contributed by atoms with van der Waals surface area (Å²) in [7, 11) is 0. The second-order valence-electron chi connectivity index (χ2n) is 1.40. The summed E-state index contributed by atoms with van der Waals surface area (Å²) in [6.07, 6.45) is 0.997. The van der Waals surface area contributed by atoms with Crippen molar-refractivity contribution in [1.82, 2.24) is 0 Å². The van der Waals surface area contributed by atoms with E-state index < -0.39 is 17.2 Å². The highest BCUT2D eigenvalue weighted by atomic mass is 19.3. The first kappa shape index (κ1) is 9.47. The van der Waals surface area contributed by atoms with E-state index in [-0.39, 0.29) is 0 Å². The summed E-state index contributed by atoms with van der Waals surface area (Å²) in [5.41, 5.74) is 4.06. The first-order valence-corrected chi connectivity index (χ1v) is 2.45. The Kier molecular flexibility index (Phi) is 3.71. The van der Waals surface area contributed by atoms with Gasteiger partial charge in [0.2, 0.25) is 0 Å². The van der Waals surface area contributed by atoms with E-state index in [1.807, 2.05) is 0 Å². The minimum absolute atomic E-state index is 0.407. The Morgan fingerprint density at radius 2 is 2.27 bits per heavy atom. The molecule has 0 spiro atoms. The lowest BCUT2D eigenvalue weighted by atomic mass is 10.5. The summed E-state index contributed by atoms with van der Waals surface area (Å²) in [6, 6.07) is 0.